The predicted molar refractivity (Wildman–Crippen MR) is 140 cm³/mol. The average Bonchev–Trinajstić information content (AvgIpc) is 3.53. The van der Waals surface area contributed by atoms with Gasteiger partial charge in [-0.25, -0.2) is 4.52 Å². The van der Waals surface area contributed by atoms with Crippen molar-refractivity contribution in [2.24, 2.45) is 0 Å². The summed E-state index contributed by atoms with van der Waals surface area (Å²) in [4.78, 5) is 17.6. The van der Waals surface area contributed by atoms with Crippen molar-refractivity contribution in [3.63, 3.8) is 0 Å². The Morgan fingerprint density at radius 2 is 1.75 bits per heavy atom. The van der Waals surface area contributed by atoms with Gasteiger partial charge in [-0.1, -0.05) is 31.4 Å². The van der Waals surface area contributed by atoms with Crippen LogP contribution in [0.3, 0.4) is 0 Å². The Bertz CT molecular complexity index is 1390. The molecule has 1 saturated heterocycles. The van der Waals surface area contributed by atoms with E-state index in [-0.39, 0.29) is 5.91 Å². The number of nitrogens with zero attached hydrogens (tertiary/aromatic N) is 7. The molecule has 0 radical (unpaired) electrons. The molecule has 1 aliphatic carbocycles. The first-order chi connectivity index (χ1) is 17.6. The Hall–Kier alpha value is -3.26. The van der Waals surface area contributed by atoms with Gasteiger partial charge < -0.3 is 4.90 Å². The Labute approximate surface area is 211 Å². The second-order valence-electron chi connectivity index (χ2n) is 10.5. The number of rotatable bonds is 5. The summed E-state index contributed by atoms with van der Waals surface area (Å²) in [5, 5.41) is 13.7. The zero-order chi connectivity index (χ0) is 24.6. The molecule has 0 unspecified atom stereocenters. The highest BCUT2D eigenvalue weighted by molar-refractivity contribution is 5.78. The van der Waals surface area contributed by atoms with Crippen LogP contribution in [-0.4, -0.2) is 72.1 Å². The molecular formula is C28H35N7O. The summed E-state index contributed by atoms with van der Waals surface area (Å²) in [5.74, 6) is 1.04. The molecule has 1 saturated carbocycles. The van der Waals surface area contributed by atoms with Gasteiger partial charge in [-0.2, -0.15) is 5.10 Å². The number of carbonyl (C=O) groups is 1. The first kappa shape index (κ1) is 23.2. The molecule has 6 rings (SSSR count). The topological polar surface area (TPSA) is 71.0 Å². The Kier molecular flexibility index (Phi) is 6.21. The fourth-order valence-corrected chi connectivity index (χ4v) is 5.83. The fourth-order valence-electron chi connectivity index (χ4n) is 5.83. The van der Waals surface area contributed by atoms with Crippen molar-refractivity contribution in [2.45, 2.75) is 64.8 Å². The number of hydrogen-bond donors (Lipinski definition) is 0. The molecule has 4 aromatic rings. The van der Waals surface area contributed by atoms with Crippen LogP contribution in [0.25, 0.3) is 22.4 Å². The molecule has 188 valence electrons. The highest BCUT2D eigenvalue weighted by atomic mass is 16.2. The summed E-state index contributed by atoms with van der Waals surface area (Å²) < 4.78 is 3.85. The molecule has 0 bridgehead atoms. The third-order valence-corrected chi connectivity index (χ3v) is 8.21. The van der Waals surface area contributed by atoms with Gasteiger partial charge in [-0.15, -0.1) is 10.2 Å². The van der Waals surface area contributed by atoms with Crippen molar-refractivity contribution in [1.29, 1.82) is 0 Å². The fraction of sp³-hybridized carbons (Fsp3) is 0.500. The predicted octanol–water partition coefficient (Wildman–Crippen LogP) is 4.07. The lowest BCUT2D eigenvalue weighted by atomic mass is 9.94. The van der Waals surface area contributed by atoms with Crippen LogP contribution in [0.5, 0.6) is 0 Å². The summed E-state index contributed by atoms with van der Waals surface area (Å²) in [6.07, 6.45) is 11.7. The van der Waals surface area contributed by atoms with Gasteiger partial charge in [0.05, 0.1) is 5.69 Å². The lowest BCUT2D eigenvalue weighted by Crippen LogP contribution is -2.52. The first-order valence-corrected chi connectivity index (χ1v) is 13.4. The Morgan fingerprint density at radius 3 is 2.53 bits per heavy atom. The van der Waals surface area contributed by atoms with Crippen LogP contribution in [0.1, 0.15) is 55.5 Å². The van der Waals surface area contributed by atoms with Crippen LogP contribution in [0.2, 0.25) is 0 Å². The number of piperazine rings is 1. The summed E-state index contributed by atoms with van der Waals surface area (Å²) in [7, 11) is 0. The monoisotopic (exact) mass is 485 g/mol. The molecule has 8 nitrogen and oxygen atoms in total. The molecule has 4 heterocycles. The number of benzene rings is 1. The second kappa shape index (κ2) is 9.65. The van der Waals surface area contributed by atoms with Crippen LogP contribution < -0.4 is 0 Å². The van der Waals surface area contributed by atoms with Crippen LogP contribution in [0, 0.1) is 13.8 Å². The van der Waals surface area contributed by atoms with Crippen LogP contribution in [0.15, 0.2) is 36.7 Å². The largest absolute Gasteiger partial charge is 0.340 e. The molecule has 0 spiro atoms. The minimum atomic E-state index is 0.220. The van der Waals surface area contributed by atoms with Crippen molar-refractivity contribution in [3.8, 4) is 11.3 Å². The highest BCUT2D eigenvalue weighted by Gasteiger charge is 2.27. The lowest BCUT2D eigenvalue weighted by molar-refractivity contribution is -0.133. The third kappa shape index (κ3) is 4.39. The van der Waals surface area contributed by atoms with E-state index in [2.05, 4.69) is 53.2 Å². The van der Waals surface area contributed by atoms with Crippen molar-refractivity contribution in [3.05, 3.63) is 53.6 Å². The molecule has 2 aliphatic rings. The SMILES string of the molecule is Cc1ccc(-c2cc3c4nnc(CCC(=O)N5CCN(C6CCCCC6)CC5)n4ccn3n2)cc1C. The summed E-state index contributed by atoms with van der Waals surface area (Å²) in [6.45, 7) is 7.93. The van der Waals surface area contributed by atoms with E-state index in [9.17, 15) is 4.79 Å². The number of aromatic nitrogens is 5. The van der Waals surface area contributed by atoms with E-state index in [4.69, 9.17) is 5.10 Å². The van der Waals surface area contributed by atoms with Gasteiger partial charge in [0, 0.05) is 63.0 Å². The average molecular weight is 486 g/mol. The summed E-state index contributed by atoms with van der Waals surface area (Å²) in [5.41, 5.74) is 6.21. The van der Waals surface area contributed by atoms with E-state index in [1.165, 1.54) is 43.2 Å². The zero-order valence-corrected chi connectivity index (χ0v) is 21.4. The van der Waals surface area contributed by atoms with Gasteiger partial charge in [0.25, 0.3) is 0 Å². The molecule has 0 N–H and O–H groups in total. The maximum absolute atomic E-state index is 13.0. The number of aryl methyl sites for hydroxylation is 3. The maximum Gasteiger partial charge on any atom is 0.223 e. The molecule has 8 heteroatoms. The van der Waals surface area contributed by atoms with Gasteiger partial charge in [-0.05, 0) is 49.9 Å². The Balaban J connectivity index is 1.13. The van der Waals surface area contributed by atoms with E-state index >= 15 is 0 Å². The number of carbonyl (C=O) groups excluding carboxylic acids is 1. The zero-order valence-electron chi connectivity index (χ0n) is 21.4. The van der Waals surface area contributed by atoms with Crippen molar-refractivity contribution < 1.29 is 4.79 Å². The number of amides is 1. The minimum absolute atomic E-state index is 0.220. The molecule has 36 heavy (non-hydrogen) atoms. The normalized spacial score (nSPS) is 17.9. The van der Waals surface area contributed by atoms with Gasteiger partial charge in [-0.3, -0.25) is 14.1 Å². The van der Waals surface area contributed by atoms with E-state index in [0.717, 1.165) is 60.5 Å². The molecule has 1 amide bonds. The summed E-state index contributed by atoms with van der Waals surface area (Å²) in [6, 6.07) is 9.21. The van der Waals surface area contributed by atoms with Gasteiger partial charge >= 0.3 is 0 Å². The van der Waals surface area contributed by atoms with Gasteiger partial charge in [0.15, 0.2) is 5.65 Å². The smallest absolute Gasteiger partial charge is 0.223 e. The highest BCUT2D eigenvalue weighted by Crippen LogP contribution is 2.25. The minimum Gasteiger partial charge on any atom is -0.340 e. The second-order valence-corrected chi connectivity index (χ2v) is 10.5. The van der Waals surface area contributed by atoms with E-state index in [1.807, 2.05) is 26.2 Å². The van der Waals surface area contributed by atoms with Crippen LogP contribution >= 0.6 is 0 Å². The molecule has 1 aromatic carbocycles. The maximum atomic E-state index is 13.0. The van der Waals surface area contributed by atoms with Crippen LogP contribution in [-0.2, 0) is 11.2 Å². The molecule has 1 aliphatic heterocycles. The summed E-state index contributed by atoms with van der Waals surface area (Å²) >= 11 is 0. The lowest BCUT2D eigenvalue weighted by Gasteiger charge is -2.40. The number of fused-ring (bicyclic) bond motifs is 3. The standard InChI is InChI=1S/C28H35N7O/c1-20-8-9-22(18-21(20)2)24-19-25-28-30-29-26(34(28)16-17-35(25)31-24)10-11-27(36)33-14-12-32(13-15-33)23-6-4-3-5-7-23/h8-9,16-19,23H,3-7,10-15H2,1-2H3. The third-order valence-electron chi connectivity index (χ3n) is 8.21. The van der Waals surface area contributed by atoms with Crippen molar-refractivity contribution >= 4 is 17.1 Å². The number of hydrogen-bond acceptors (Lipinski definition) is 5. The van der Waals surface area contributed by atoms with Crippen molar-refractivity contribution in [1.82, 2.24) is 34.0 Å². The van der Waals surface area contributed by atoms with Crippen LogP contribution in [0.4, 0.5) is 0 Å². The van der Waals surface area contributed by atoms with Gasteiger partial charge in [0.1, 0.15) is 11.3 Å². The molecule has 2 fully saturated rings. The van der Waals surface area contributed by atoms with Gasteiger partial charge in [0.2, 0.25) is 5.91 Å². The molecule has 3 aromatic heterocycles. The molecule has 0 atom stereocenters. The first-order valence-electron chi connectivity index (χ1n) is 13.4. The van der Waals surface area contributed by atoms with E-state index in [1.54, 1.807) is 0 Å². The Morgan fingerprint density at radius 1 is 0.944 bits per heavy atom. The van der Waals surface area contributed by atoms with E-state index < -0.39 is 0 Å². The quantitative estimate of drug-likeness (QED) is 0.426. The molecular weight excluding hydrogens is 450 g/mol. The van der Waals surface area contributed by atoms with E-state index in [0.29, 0.717) is 12.8 Å². The van der Waals surface area contributed by atoms with Crippen molar-refractivity contribution in [2.75, 3.05) is 26.2 Å².